The number of ether oxygens (including phenoxy) is 1. The van der Waals surface area contributed by atoms with Crippen molar-refractivity contribution in [2.75, 3.05) is 11.5 Å². The van der Waals surface area contributed by atoms with Crippen LogP contribution in [0, 0.1) is 13.8 Å². The molecule has 2 aliphatic heterocycles. The summed E-state index contributed by atoms with van der Waals surface area (Å²) in [7, 11) is 0. The molecular formula is C24H22N4O8S3. The van der Waals surface area contributed by atoms with Gasteiger partial charge in [0.2, 0.25) is 0 Å². The Bertz CT molecular complexity index is 1500. The fourth-order valence-electron chi connectivity index (χ4n) is 3.99. The lowest BCUT2D eigenvalue weighted by Gasteiger charge is -2.49. The van der Waals surface area contributed by atoms with Crippen LogP contribution in [0.3, 0.4) is 0 Å². The van der Waals surface area contributed by atoms with Crippen molar-refractivity contribution in [2.45, 2.75) is 42.3 Å². The Morgan fingerprint density at radius 1 is 1.23 bits per heavy atom. The third-order valence-corrected chi connectivity index (χ3v) is 9.35. The van der Waals surface area contributed by atoms with Gasteiger partial charge in [0.15, 0.2) is 28.6 Å². The maximum atomic E-state index is 13.3. The first-order chi connectivity index (χ1) is 18.7. The van der Waals surface area contributed by atoms with E-state index in [9.17, 15) is 24.3 Å². The Morgan fingerprint density at radius 2 is 2.00 bits per heavy atom. The molecule has 1 saturated heterocycles. The number of esters is 1. The predicted octanol–water partition coefficient (Wildman–Crippen LogP) is 1.92. The van der Waals surface area contributed by atoms with Crippen molar-refractivity contribution in [1.82, 2.24) is 20.4 Å². The van der Waals surface area contributed by atoms with E-state index >= 15 is 0 Å². The fraction of sp³-hybridized carbons (Fsp3) is 0.333. The summed E-state index contributed by atoms with van der Waals surface area (Å²) in [6, 6.07) is 7.44. The molecule has 12 nitrogen and oxygen atoms in total. The zero-order chi connectivity index (χ0) is 27.7. The lowest BCUT2D eigenvalue weighted by Crippen LogP contribution is -2.71. The average Bonchev–Trinajstić information content (AvgIpc) is 3.51. The van der Waals surface area contributed by atoms with Crippen LogP contribution in [0.25, 0.3) is 0 Å². The molecule has 1 aromatic carbocycles. The van der Waals surface area contributed by atoms with Gasteiger partial charge in [0, 0.05) is 11.5 Å². The number of fused-ring (bicyclic) bond motifs is 1. The summed E-state index contributed by atoms with van der Waals surface area (Å²) >= 11 is 4.18. The van der Waals surface area contributed by atoms with Crippen LogP contribution in [0.5, 0.6) is 0 Å². The average molecular weight is 591 g/mol. The minimum absolute atomic E-state index is 0.0610. The van der Waals surface area contributed by atoms with Gasteiger partial charge in [-0.3, -0.25) is 14.5 Å². The number of aryl methyl sites for hydroxylation is 2. The van der Waals surface area contributed by atoms with Crippen LogP contribution < -0.4 is 11.1 Å². The molecule has 0 bridgehead atoms. The first-order valence-corrected chi connectivity index (χ1v) is 14.5. The number of nitrogens with one attached hydrogen (secondary N) is 1. The Hall–Kier alpha value is -3.40. The quantitative estimate of drug-likeness (QED) is 0.212. The van der Waals surface area contributed by atoms with Gasteiger partial charge in [0.1, 0.15) is 22.1 Å². The Morgan fingerprint density at radius 3 is 2.67 bits per heavy atom. The number of β-lactam (4-membered cyclic amide) rings is 1. The van der Waals surface area contributed by atoms with Crippen molar-refractivity contribution in [3.63, 3.8) is 0 Å². The van der Waals surface area contributed by atoms with E-state index in [-0.39, 0.29) is 23.8 Å². The number of benzene rings is 1. The highest BCUT2D eigenvalue weighted by atomic mass is 32.2. The monoisotopic (exact) mass is 590 g/mol. The van der Waals surface area contributed by atoms with Gasteiger partial charge in [-0.1, -0.05) is 53.4 Å². The Kier molecular flexibility index (Phi) is 7.93. The molecule has 0 aliphatic carbocycles. The molecule has 2 amide bonds. The van der Waals surface area contributed by atoms with E-state index in [1.807, 2.05) is 6.92 Å². The standard InChI is InChI=1S/C24H22N4O8S3/c1-11-15(36-24(33)35-11)8-34-22(32)17-14(10-38-23-27-26-12(2)39-23)9-37-21-16(20(31)28(17)21)25-19(30)18(29)13-6-4-3-5-7-13/h3-7,16,18,21,29H,8-10H2,1-2H3,(H,25,30)/t16-,18-,21-/m1/s1. The molecule has 3 atom stereocenters. The van der Waals surface area contributed by atoms with Gasteiger partial charge >= 0.3 is 11.8 Å². The van der Waals surface area contributed by atoms with Crippen LogP contribution in [0.15, 0.2) is 59.6 Å². The zero-order valence-corrected chi connectivity index (χ0v) is 23.1. The smallest absolute Gasteiger partial charge is 0.453 e. The molecule has 2 aliphatic rings. The normalized spacial score (nSPS) is 19.4. The predicted molar refractivity (Wildman–Crippen MR) is 141 cm³/mol. The number of nitrogens with zero attached hydrogens (tertiary/aromatic N) is 3. The van der Waals surface area contributed by atoms with E-state index in [0.29, 0.717) is 27.0 Å². The first kappa shape index (κ1) is 27.2. The summed E-state index contributed by atoms with van der Waals surface area (Å²) in [5, 5.41) is 21.3. The topological polar surface area (TPSA) is 165 Å². The van der Waals surface area contributed by atoms with Crippen LogP contribution in [0.1, 0.15) is 28.2 Å². The highest BCUT2D eigenvalue weighted by Crippen LogP contribution is 2.42. The summed E-state index contributed by atoms with van der Waals surface area (Å²) in [5.74, 6) is -1.93. The largest absolute Gasteiger partial charge is 0.519 e. The van der Waals surface area contributed by atoms with E-state index in [2.05, 4.69) is 15.5 Å². The summed E-state index contributed by atoms with van der Waals surface area (Å²) in [4.78, 5) is 51.8. The fourth-order valence-corrected chi connectivity index (χ4v) is 7.29. The maximum absolute atomic E-state index is 13.3. The minimum atomic E-state index is -1.45. The Balaban J connectivity index is 1.34. The van der Waals surface area contributed by atoms with E-state index in [1.54, 1.807) is 30.3 Å². The molecule has 0 spiro atoms. The first-order valence-electron chi connectivity index (χ1n) is 11.6. The van der Waals surface area contributed by atoms with Gasteiger partial charge < -0.3 is 24.0 Å². The van der Waals surface area contributed by atoms with Gasteiger partial charge in [0.05, 0.1) is 0 Å². The summed E-state index contributed by atoms with van der Waals surface area (Å²) in [6.45, 7) is 2.98. The highest BCUT2D eigenvalue weighted by molar-refractivity contribution is 8.01. The number of hydrogen-bond acceptors (Lipinski definition) is 13. The maximum Gasteiger partial charge on any atom is 0.519 e. The van der Waals surface area contributed by atoms with Gasteiger partial charge in [-0.25, -0.2) is 9.59 Å². The lowest BCUT2D eigenvalue weighted by molar-refractivity contribution is -0.154. The number of carbonyl (C=O) groups is 3. The van der Waals surface area contributed by atoms with Crippen LogP contribution >= 0.6 is 34.9 Å². The molecule has 0 unspecified atom stereocenters. The third-order valence-electron chi connectivity index (χ3n) is 5.95. The van der Waals surface area contributed by atoms with Crippen LogP contribution in [-0.2, 0) is 25.7 Å². The molecule has 2 aromatic heterocycles. The second kappa shape index (κ2) is 11.4. The van der Waals surface area contributed by atoms with Crippen LogP contribution in [-0.4, -0.2) is 60.9 Å². The van der Waals surface area contributed by atoms with Crippen molar-refractivity contribution in [1.29, 1.82) is 0 Å². The minimum Gasteiger partial charge on any atom is -0.453 e. The molecule has 204 valence electrons. The third kappa shape index (κ3) is 5.66. The van der Waals surface area contributed by atoms with Crippen molar-refractivity contribution in [3.8, 4) is 0 Å². The second-order valence-electron chi connectivity index (χ2n) is 8.55. The van der Waals surface area contributed by atoms with E-state index < -0.39 is 41.1 Å². The van der Waals surface area contributed by atoms with Crippen LogP contribution in [0.2, 0.25) is 0 Å². The van der Waals surface area contributed by atoms with Gasteiger partial charge in [-0.05, 0) is 25.0 Å². The summed E-state index contributed by atoms with van der Waals surface area (Å²) < 4.78 is 15.8. The number of thioether (sulfide) groups is 2. The summed E-state index contributed by atoms with van der Waals surface area (Å²) in [6.07, 6.45) is -1.45. The van der Waals surface area contributed by atoms with E-state index in [4.69, 9.17) is 13.6 Å². The molecule has 0 saturated carbocycles. The molecule has 4 heterocycles. The van der Waals surface area contributed by atoms with Crippen LogP contribution in [0.4, 0.5) is 0 Å². The molecule has 39 heavy (non-hydrogen) atoms. The number of aliphatic hydroxyl groups is 1. The van der Waals surface area contributed by atoms with Crippen molar-refractivity contribution in [2.24, 2.45) is 0 Å². The molecule has 1 fully saturated rings. The molecular weight excluding hydrogens is 568 g/mol. The number of amides is 2. The Labute approximate surface area is 233 Å². The SMILES string of the molecule is Cc1nnc(SCC2=C(C(=O)OCc3oc(=O)oc3C)N3C(=O)[C@@H](NC(=O)[C@H](O)c4ccccc4)[C@H]3SC2)s1. The van der Waals surface area contributed by atoms with Gasteiger partial charge in [-0.2, -0.15) is 0 Å². The number of carbonyl (C=O) groups excluding carboxylic acids is 3. The highest BCUT2D eigenvalue weighted by Gasteiger charge is 2.54. The van der Waals surface area contributed by atoms with Crippen molar-refractivity contribution >= 4 is 52.6 Å². The molecule has 5 rings (SSSR count). The van der Waals surface area contributed by atoms with Crippen molar-refractivity contribution in [3.05, 3.63) is 74.3 Å². The number of hydrogen-bond donors (Lipinski definition) is 2. The van der Waals surface area contributed by atoms with Gasteiger partial charge in [-0.15, -0.1) is 22.0 Å². The lowest BCUT2D eigenvalue weighted by atomic mass is 10.0. The second-order valence-corrected chi connectivity index (χ2v) is 12.1. The molecule has 0 radical (unpaired) electrons. The van der Waals surface area contributed by atoms with Gasteiger partial charge in [0.25, 0.3) is 11.8 Å². The molecule has 15 heteroatoms. The number of aliphatic hydroxyl groups excluding tert-OH is 1. The van der Waals surface area contributed by atoms with E-state index in [0.717, 1.165) is 5.01 Å². The number of aromatic nitrogens is 2. The molecule has 2 N–H and O–H groups in total. The van der Waals surface area contributed by atoms with E-state index in [1.165, 1.54) is 46.7 Å². The summed E-state index contributed by atoms with van der Waals surface area (Å²) in [5.41, 5.74) is 1.11. The van der Waals surface area contributed by atoms with Crippen molar-refractivity contribution < 1.29 is 33.1 Å². The zero-order valence-electron chi connectivity index (χ0n) is 20.6. The molecule has 3 aromatic rings. The number of rotatable bonds is 9.